The number of hydrogen-bond donors (Lipinski definition) is 3. The summed E-state index contributed by atoms with van der Waals surface area (Å²) in [6, 6.07) is 18.7. The van der Waals surface area contributed by atoms with Crippen LogP contribution in [0.5, 0.6) is 23.0 Å². The van der Waals surface area contributed by atoms with E-state index < -0.39 is 36.0 Å². The number of nitrogens with one attached hydrogen (secondary N) is 1. The van der Waals surface area contributed by atoms with E-state index in [1.807, 2.05) is 30.3 Å². The first-order valence-corrected chi connectivity index (χ1v) is 15.0. The molecule has 3 aromatic carbocycles. The number of nitrogens with zero attached hydrogens (tertiary/aromatic N) is 1. The smallest absolute Gasteiger partial charge is 0.290 e. The van der Waals surface area contributed by atoms with Crippen LogP contribution in [0.4, 0.5) is 0 Å². The third kappa shape index (κ3) is 5.63. The van der Waals surface area contributed by atoms with E-state index in [2.05, 4.69) is 5.32 Å². The maximum Gasteiger partial charge on any atom is 0.290 e. The molecule has 4 aromatic rings. The van der Waals surface area contributed by atoms with Crippen LogP contribution >= 0.6 is 0 Å². The first-order valence-electron chi connectivity index (χ1n) is 15.0. The van der Waals surface area contributed by atoms with Crippen LogP contribution in [0.2, 0.25) is 0 Å². The van der Waals surface area contributed by atoms with Crippen LogP contribution < -0.4 is 24.3 Å². The molecule has 0 saturated heterocycles. The molecule has 0 radical (unpaired) electrons. The van der Waals surface area contributed by atoms with Gasteiger partial charge >= 0.3 is 0 Å². The zero-order valence-corrected chi connectivity index (χ0v) is 25.8. The molecule has 46 heavy (non-hydrogen) atoms. The fourth-order valence-corrected chi connectivity index (χ4v) is 6.34. The van der Waals surface area contributed by atoms with Crippen LogP contribution in [-0.2, 0) is 11.2 Å². The van der Waals surface area contributed by atoms with Crippen molar-refractivity contribution < 1.29 is 43.2 Å². The van der Waals surface area contributed by atoms with E-state index in [9.17, 15) is 19.8 Å². The number of ether oxygens (including phenoxy) is 4. The monoisotopic (exact) mass is 628 g/mol. The molecule has 3 N–H and O–H groups in total. The molecule has 1 aliphatic carbocycles. The second-order valence-electron chi connectivity index (χ2n) is 11.1. The van der Waals surface area contributed by atoms with Crippen molar-refractivity contribution in [1.82, 2.24) is 10.2 Å². The predicted octanol–water partition coefficient (Wildman–Crippen LogP) is 3.47. The summed E-state index contributed by atoms with van der Waals surface area (Å²) in [6.45, 7) is -0.0816. The second kappa shape index (κ2) is 13.2. The molecule has 0 unspecified atom stereocenters. The summed E-state index contributed by atoms with van der Waals surface area (Å²) in [6.07, 6.45) is -0.0939. The highest BCUT2D eigenvalue weighted by atomic mass is 16.5. The number of aliphatic hydroxyl groups is 2. The normalized spacial score (nSPS) is 19.8. The molecule has 0 spiro atoms. The number of amides is 2. The molecule has 6 rings (SSSR count). The van der Waals surface area contributed by atoms with Crippen molar-refractivity contribution in [3.8, 4) is 23.0 Å². The third-order valence-corrected chi connectivity index (χ3v) is 8.55. The molecule has 4 atom stereocenters. The lowest BCUT2D eigenvalue weighted by Crippen LogP contribution is -2.56. The van der Waals surface area contributed by atoms with Gasteiger partial charge < -0.3 is 43.8 Å². The zero-order valence-electron chi connectivity index (χ0n) is 25.8. The van der Waals surface area contributed by atoms with Gasteiger partial charge in [-0.1, -0.05) is 30.3 Å². The Balaban J connectivity index is 1.44. The topological polar surface area (TPSA) is 140 Å². The molecular formula is C35H36N2O9. The minimum atomic E-state index is -1.21. The summed E-state index contributed by atoms with van der Waals surface area (Å²) in [5.74, 6) is 0.819. The molecule has 2 heterocycles. The van der Waals surface area contributed by atoms with E-state index >= 15 is 0 Å². The van der Waals surface area contributed by atoms with Gasteiger partial charge in [0.05, 0.1) is 39.9 Å². The predicted molar refractivity (Wildman–Crippen MR) is 169 cm³/mol. The third-order valence-electron chi connectivity index (χ3n) is 8.55. The minimum Gasteiger partial charge on any atom is -0.497 e. The Kier molecular flexibility index (Phi) is 8.87. The number of carbonyl (C=O) groups is 2. The largest absolute Gasteiger partial charge is 0.497 e. The van der Waals surface area contributed by atoms with E-state index in [0.717, 1.165) is 11.1 Å². The van der Waals surface area contributed by atoms with Gasteiger partial charge in [0, 0.05) is 29.6 Å². The Hall–Kier alpha value is -5.00. The first-order chi connectivity index (χ1) is 22.4. The molecule has 2 amide bonds. The molecular weight excluding hydrogens is 592 g/mol. The number of benzene rings is 3. The molecule has 11 heteroatoms. The lowest BCUT2D eigenvalue weighted by atomic mass is 9.77. The van der Waals surface area contributed by atoms with Crippen molar-refractivity contribution in [1.29, 1.82) is 0 Å². The van der Waals surface area contributed by atoms with Crippen LogP contribution in [0, 0.1) is 0 Å². The molecule has 240 valence electrons. The van der Waals surface area contributed by atoms with E-state index in [0.29, 0.717) is 46.0 Å². The summed E-state index contributed by atoms with van der Waals surface area (Å²) >= 11 is 0. The van der Waals surface area contributed by atoms with Crippen molar-refractivity contribution in [3.05, 3.63) is 95.3 Å². The SMILES string of the molecule is COc1ccc(OC)c(CCN(C(=O)c2cc3cccc(OC)c3o2)[C@@H]2C=C(C(=O)NCCO)[C@@H]3c4ccccc4O[C@@H]3[C@H]2O)c1. The van der Waals surface area contributed by atoms with E-state index in [1.54, 1.807) is 56.7 Å². The van der Waals surface area contributed by atoms with Crippen LogP contribution in [0.1, 0.15) is 27.6 Å². The standard InChI is InChI=1S/C35H36N2O9/c1-42-22-11-12-26(43-2)20(17-22)13-15-37(35(41)29-18-21-7-6-10-28(44-3)32(21)46-29)25-19-24(34(40)36-14-16-38)30-23-8-4-5-9-27(23)45-33(30)31(25)39/h4-12,17-19,25,30-31,33,38-39H,13-16H2,1-3H3,(H,36,40)/t25-,30+,31+,33+/m1/s1. The van der Waals surface area contributed by atoms with E-state index in [1.165, 1.54) is 12.0 Å². The van der Waals surface area contributed by atoms with Crippen molar-refractivity contribution >= 4 is 22.8 Å². The van der Waals surface area contributed by atoms with Gasteiger partial charge in [0.2, 0.25) is 5.91 Å². The van der Waals surface area contributed by atoms with Gasteiger partial charge in [0.15, 0.2) is 17.1 Å². The summed E-state index contributed by atoms with van der Waals surface area (Å²) in [5.41, 5.74) is 2.30. The molecule has 0 saturated carbocycles. The molecule has 1 aliphatic heterocycles. The van der Waals surface area contributed by atoms with Crippen LogP contribution in [0.25, 0.3) is 11.0 Å². The first kappa shape index (κ1) is 31.0. The van der Waals surface area contributed by atoms with Gasteiger partial charge in [0.25, 0.3) is 5.91 Å². The van der Waals surface area contributed by atoms with Crippen LogP contribution in [0.15, 0.2) is 82.8 Å². The van der Waals surface area contributed by atoms with Gasteiger partial charge in [0.1, 0.15) is 29.5 Å². The highest BCUT2D eigenvalue weighted by Crippen LogP contribution is 2.47. The second-order valence-corrected chi connectivity index (χ2v) is 11.1. The van der Waals surface area contributed by atoms with Crippen LogP contribution in [-0.4, -0.2) is 86.2 Å². The number of methoxy groups -OCH3 is 3. The molecule has 0 fully saturated rings. The van der Waals surface area contributed by atoms with Crippen molar-refractivity contribution in [3.63, 3.8) is 0 Å². The summed E-state index contributed by atoms with van der Waals surface area (Å²) in [7, 11) is 4.66. The fourth-order valence-electron chi connectivity index (χ4n) is 6.34. The highest BCUT2D eigenvalue weighted by molar-refractivity contribution is 5.99. The average molecular weight is 629 g/mol. The van der Waals surface area contributed by atoms with Crippen LogP contribution in [0.3, 0.4) is 0 Å². The lowest BCUT2D eigenvalue weighted by Gasteiger charge is -2.40. The summed E-state index contributed by atoms with van der Waals surface area (Å²) in [5, 5.41) is 24.7. The summed E-state index contributed by atoms with van der Waals surface area (Å²) in [4.78, 5) is 29.5. The lowest BCUT2D eigenvalue weighted by molar-refractivity contribution is -0.118. The molecule has 1 aromatic heterocycles. The number of hydrogen-bond acceptors (Lipinski definition) is 9. The van der Waals surface area contributed by atoms with E-state index in [-0.39, 0.29) is 25.5 Å². The van der Waals surface area contributed by atoms with Crippen molar-refractivity contribution in [2.24, 2.45) is 0 Å². The maximum atomic E-state index is 14.4. The van der Waals surface area contributed by atoms with Gasteiger partial charge in [-0.15, -0.1) is 0 Å². The molecule has 11 nitrogen and oxygen atoms in total. The number of fused-ring (bicyclic) bond motifs is 4. The number of rotatable bonds is 11. The summed E-state index contributed by atoms with van der Waals surface area (Å²) < 4.78 is 28.8. The number of para-hydroxylation sites is 2. The quantitative estimate of drug-likeness (QED) is 0.228. The van der Waals surface area contributed by atoms with Gasteiger partial charge in [-0.3, -0.25) is 9.59 Å². The Labute approximate surface area is 265 Å². The molecule has 2 aliphatic rings. The van der Waals surface area contributed by atoms with Gasteiger partial charge in [-0.2, -0.15) is 0 Å². The molecule has 0 bridgehead atoms. The number of furan rings is 1. The minimum absolute atomic E-state index is 0.0433. The van der Waals surface area contributed by atoms with Gasteiger partial charge in [-0.25, -0.2) is 0 Å². The van der Waals surface area contributed by atoms with Crippen molar-refractivity contribution in [2.45, 2.75) is 30.6 Å². The highest BCUT2D eigenvalue weighted by Gasteiger charge is 2.50. The average Bonchev–Trinajstić information content (AvgIpc) is 3.70. The number of aliphatic hydroxyl groups excluding tert-OH is 2. The maximum absolute atomic E-state index is 14.4. The Morgan fingerprint density at radius 3 is 2.52 bits per heavy atom. The Morgan fingerprint density at radius 1 is 0.957 bits per heavy atom. The van der Waals surface area contributed by atoms with Gasteiger partial charge in [-0.05, 0) is 54.5 Å². The van der Waals surface area contributed by atoms with Crippen molar-refractivity contribution in [2.75, 3.05) is 41.0 Å². The number of carbonyl (C=O) groups excluding carboxylic acids is 2. The fraction of sp³-hybridized carbons (Fsp3) is 0.314. The Bertz CT molecular complexity index is 1780. The Morgan fingerprint density at radius 2 is 1.76 bits per heavy atom. The van der Waals surface area contributed by atoms with E-state index in [4.69, 9.17) is 23.4 Å². The zero-order chi connectivity index (χ0) is 32.4.